The summed E-state index contributed by atoms with van der Waals surface area (Å²) in [4.78, 5) is 28.3. The Morgan fingerprint density at radius 2 is 1.75 bits per heavy atom. The number of primary amides is 1. The zero-order chi connectivity index (χ0) is 23.3. The molecule has 0 saturated carbocycles. The fourth-order valence-corrected chi connectivity index (χ4v) is 3.04. The maximum absolute atomic E-state index is 12.2. The average Bonchev–Trinajstić information content (AvgIpc) is 2.72. The standard InChI is InChI=1S/C25H28N4O3/c1-16-7-5-6-8-18(16)14-27-21-13-22(28-15-20(21)23(26)30)29-19-11-9-17(10-12-19)24(31)32-25(2,3)4/h5-13,15H,14H2,1-4H3,(H2,26,30)(H2,27,28,29). The highest BCUT2D eigenvalue weighted by Crippen LogP contribution is 2.23. The van der Waals surface area contributed by atoms with E-state index in [1.807, 2.05) is 52.0 Å². The van der Waals surface area contributed by atoms with Crippen LogP contribution in [0.4, 0.5) is 17.2 Å². The number of nitrogens with two attached hydrogens (primary N) is 1. The van der Waals surface area contributed by atoms with Crippen molar-refractivity contribution in [2.75, 3.05) is 10.6 Å². The van der Waals surface area contributed by atoms with Crippen LogP contribution in [0.15, 0.2) is 60.8 Å². The Morgan fingerprint density at radius 1 is 1.06 bits per heavy atom. The number of amides is 1. The Morgan fingerprint density at radius 3 is 2.38 bits per heavy atom. The highest BCUT2D eigenvalue weighted by Gasteiger charge is 2.17. The zero-order valence-electron chi connectivity index (χ0n) is 18.7. The molecule has 4 N–H and O–H groups in total. The Bertz CT molecular complexity index is 1120. The molecular formula is C25H28N4O3. The SMILES string of the molecule is Cc1ccccc1CNc1cc(Nc2ccc(C(=O)OC(C)(C)C)cc2)ncc1C(N)=O. The molecule has 0 spiro atoms. The van der Waals surface area contributed by atoms with Crippen molar-refractivity contribution < 1.29 is 14.3 Å². The van der Waals surface area contributed by atoms with Gasteiger partial charge in [0.05, 0.1) is 16.8 Å². The normalized spacial score (nSPS) is 11.0. The number of rotatable bonds is 7. The van der Waals surface area contributed by atoms with Gasteiger partial charge in [0, 0.05) is 24.5 Å². The van der Waals surface area contributed by atoms with Gasteiger partial charge in [-0.3, -0.25) is 4.79 Å². The number of nitrogens with zero attached hydrogens (tertiary/aromatic N) is 1. The largest absolute Gasteiger partial charge is 0.456 e. The Kier molecular flexibility index (Phi) is 6.78. The molecule has 0 atom stereocenters. The number of carbonyl (C=O) groups is 2. The lowest BCUT2D eigenvalue weighted by atomic mass is 10.1. The van der Waals surface area contributed by atoms with Crippen LogP contribution < -0.4 is 16.4 Å². The van der Waals surface area contributed by atoms with Crippen LogP contribution in [-0.4, -0.2) is 22.5 Å². The molecule has 0 saturated heterocycles. The number of carbonyl (C=O) groups excluding carboxylic acids is 2. The summed E-state index contributed by atoms with van der Waals surface area (Å²) in [5, 5.41) is 6.46. The molecule has 0 unspecified atom stereocenters. The Balaban J connectivity index is 1.75. The van der Waals surface area contributed by atoms with Crippen LogP contribution in [0.1, 0.15) is 52.6 Å². The molecule has 7 heteroatoms. The van der Waals surface area contributed by atoms with Gasteiger partial charge in [0.25, 0.3) is 5.91 Å². The van der Waals surface area contributed by atoms with Crippen LogP contribution in [0.2, 0.25) is 0 Å². The van der Waals surface area contributed by atoms with Gasteiger partial charge in [0.2, 0.25) is 0 Å². The number of hydrogen-bond acceptors (Lipinski definition) is 6. The highest BCUT2D eigenvalue weighted by molar-refractivity contribution is 5.98. The van der Waals surface area contributed by atoms with E-state index in [9.17, 15) is 9.59 Å². The molecule has 0 bridgehead atoms. The Hall–Kier alpha value is -3.87. The summed E-state index contributed by atoms with van der Waals surface area (Å²) in [7, 11) is 0. The average molecular weight is 433 g/mol. The van der Waals surface area contributed by atoms with Crippen LogP contribution in [0, 0.1) is 6.92 Å². The molecule has 0 aliphatic rings. The molecule has 0 aliphatic carbocycles. The molecule has 2 aromatic carbocycles. The quantitative estimate of drug-likeness (QED) is 0.463. The zero-order valence-corrected chi connectivity index (χ0v) is 18.7. The van der Waals surface area contributed by atoms with Crippen LogP contribution in [0.3, 0.4) is 0 Å². The lowest BCUT2D eigenvalue weighted by Gasteiger charge is -2.19. The third-order valence-corrected chi connectivity index (χ3v) is 4.69. The number of aryl methyl sites for hydroxylation is 1. The van der Waals surface area contributed by atoms with Gasteiger partial charge in [-0.25, -0.2) is 9.78 Å². The van der Waals surface area contributed by atoms with Gasteiger partial charge in [0.1, 0.15) is 11.4 Å². The minimum atomic E-state index is -0.557. The number of pyridine rings is 1. The number of hydrogen-bond donors (Lipinski definition) is 3. The fourth-order valence-electron chi connectivity index (χ4n) is 3.04. The first kappa shape index (κ1) is 22.8. The van der Waals surface area contributed by atoms with Gasteiger partial charge in [-0.05, 0) is 63.1 Å². The predicted octanol–water partition coefficient (Wildman–Crippen LogP) is 4.80. The van der Waals surface area contributed by atoms with E-state index in [0.29, 0.717) is 29.2 Å². The molecule has 7 nitrogen and oxygen atoms in total. The third-order valence-electron chi connectivity index (χ3n) is 4.69. The molecule has 3 rings (SSSR count). The van der Waals surface area contributed by atoms with Crippen molar-refractivity contribution in [3.63, 3.8) is 0 Å². The molecular weight excluding hydrogens is 404 g/mol. The number of esters is 1. The summed E-state index contributed by atoms with van der Waals surface area (Å²) in [6, 6.07) is 16.7. The number of ether oxygens (including phenoxy) is 1. The first-order valence-corrected chi connectivity index (χ1v) is 10.3. The molecule has 3 aromatic rings. The summed E-state index contributed by atoms with van der Waals surface area (Å²) in [5.74, 6) is -0.402. The predicted molar refractivity (Wildman–Crippen MR) is 126 cm³/mol. The number of nitrogens with one attached hydrogen (secondary N) is 2. The van der Waals surface area contributed by atoms with E-state index in [4.69, 9.17) is 10.5 Å². The highest BCUT2D eigenvalue weighted by atomic mass is 16.6. The van der Waals surface area contributed by atoms with Crippen molar-refractivity contribution in [1.29, 1.82) is 0 Å². The second kappa shape index (κ2) is 9.51. The molecule has 1 aromatic heterocycles. The van der Waals surface area contributed by atoms with E-state index in [1.165, 1.54) is 6.20 Å². The van der Waals surface area contributed by atoms with Gasteiger partial charge in [-0.1, -0.05) is 24.3 Å². The lowest BCUT2D eigenvalue weighted by Crippen LogP contribution is -2.23. The first-order chi connectivity index (χ1) is 15.1. The summed E-state index contributed by atoms with van der Waals surface area (Å²) in [6.45, 7) is 8.06. The van der Waals surface area contributed by atoms with E-state index < -0.39 is 11.5 Å². The van der Waals surface area contributed by atoms with E-state index in [0.717, 1.165) is 16.8 Å². The van der Waals surface area contributed by atoms with E-state index in [-0.39, 0.29) is 5.97 Å². The van der Waals surface area contributed by atoms with E-state index in [2.05, 4.69) is 15.6 Å². The second-order valence-electron chi connectivity index (χ2n) is 8.46. The van der Waals surface area contributed by atoms with Gasteiger partial charge in [-0.15, -0.1) is 0 Å². The summed E-state index contributed by atoms with van der Waals surface area (Å²) < 4.78 is 5.38. The number of benzene rings is 2. The van der Waals surface area contributed by atoms with Crippen LogP contribution in [0.25, 0.3) is 0 Å². The van der Waals surface area contributed by atoms with Crippen molar-refractivity contribution in [2.45, 2.75) is 39.8 Å². The fraction of sp³-hybridized carbons (Fsp3) is 0.240. The molecule has 166 valence electrons. The van der Waals surface area contributed by atoms with Crippen molar-refractivity contribution in [2.24, 2.45) is 5.73 Å². The molecule has 0 fully saturated rings. The molecule has 0 radical (unpaired) electrons. The molecule has 1 amide bonds. The van der Waals surface area contributed by atoms with Crippen molar-refractivity contribution in [3.8, 4) is 0 Å². The van der Waals surface area contributed by atoms with Gasteiger partial charge >= 0.3 is 5.97 Å². The topological polar surface area (TPSA) is 106 Å². The smallest absolute Gasteiger partial charge is 0.338 e. The lowest BCUT2D eigenvalue weighted by molar-refractivity contribution is 0.00694. The van der Waals surface area contributed by atoms with Crippen LogP contribution >= 0.6 is 0 Å². The van der Waals surface area contributed by atoms with Crippen molar-refractivity contribution in [3.05, 3.63) is 83.0 Å². The van der Waals surface area contributed by atoms with Crippen LogP contribution in [-0.2, 0) is 11.3 Å². The monoisotopic (exact) mass is 432 g/mol. The maximum Gasteiger partial charge on any atom is 0.338 e. The molecule has 0 aliphatic heterocycles. The first-order valence-electron chi connectivity index (χ1n) is 10.3. The Labute approximate surface area is 188 Å². The maximum atomic E-state index is 12.2. The summed E-state index contributed by atoms with van der Waals surface area (Å²) in [6.07, 6.45) is 1.44. The molecule has 32 heavy (non-hydrogen) atoms. The summed E-state index contributed by atoms with van der Waals surface area (Å²) >= 11 is 0. The number of aromatic nitrogens is 1. The van der Waals surface area contributed by atoms with E-state index >= 15 is 0 Å². The minimum absolute atomic E-state index is 0.310. The van der Waals surface area contributed by atoms with Gasteiger partial charge in [0.15, 0.2) is 0 Å². The van der Waals surface area contributed by atoms with E-state index in [1.54, 1.807) is 30.3 Å². The minimum Gasteiger partial charge on any atom is -0.456 e. The van der Waals surface area contributed by atoms with Crippen LogP contribution in [0.5, 0.6) is 0 Å². The molecule has 1 heterocycles. The van der Waals surface area contributed by atoms with Crippen molar-refractivity contribution in [1.82, 2.24) is 4.98 Å². The van der Waals surface area contributed by atoms with Gasteiger partial charge in [-0.2, -0.15) is 0 Å². The third kappa shape index (κ3) is 6.07. The van der Waals surface area contributed by atoms with Crippen molar-refractivity contribution >= 4 is 29.1 Å². The van der Waals surface area contributed by atoms with Gasteiger partial charge < -0.3 is 21.1 Å². The second-order valence-corrected chi connectivity index (χ2v) is 8.46. The number of anilines is 3. The summed E-state index contributed by atoms with van der Waals surface area (Å²) in [5.41, 5.74) is 9.33.